The van der Waals surface area contributed by atoms with E-state index < -0.39 is 12.7 Å². The van der Waals surface area contributed by atoms with Gasteiger partial charge >= 0.3 is 97.5 Å². The molecule has 0 saturated carbocycles. The van der Waals surface area contributed by atoms with Gasteiger partial charge in [-0.1, -0.05) is 0 Å². The summed E-state index contributed by atoms with van der Waals surface area (Å²) in [4.78, 5) is 4.17. The van der Waals surface area contributed by atoms with E-state index in [2.05, 4.69) is 4.99 Å². The van der Waals surface area contributed by atoms with Crippen molar-refractivity contribution in [2.75, 3.05) is 6.54 Å². The Balaban J connectivity index is 4.41. The molecular weight excluding hydrogens is 296 g/mol. The van der Waals surface area contributed by atoms with E-state index >= 15 is 0 Å². The summed E-state index contributed by atoms with van der Waals surface area (Å²) < 4.78 is 37.3. The average molecular weight is 310 g/mol. The zero-order valence-electron chi connectivity index (χ0n) is 8.81. The van der Waals surface area contributed by atoms with Gasteiger partial charge in [-0.3, -0.25) is 0 Å². The first-order valence-corrected chi connectivity index (χ1v) is 5.64. The predicted octanol–water partition coefficient (Wildman–Crippen LogP) is 2.15. The van der Waals surface area contributed by atoms with Crippen LogP contribution in [0.15, 0.2) is 4.99 Å². The molecule has 80 valence electrons. The molecule has 0 aliphatic carbocycles. The summed E-state index contributed by atoms with van der Waals surface area (Å²) in [6.45, 7) is 6.29. The van der Waals surface area contributed by atoms with Crippen molar-refractivity contribution < 1.29 is 13.2 Å². The van der Waals surface area contributed by atoms with Gasteiger partial charge in [0.1, 0.15) is 0 Å². The van der Waals surface area contributed by atoms with E-state index in [1.54, 1.807) is 6.92 Å². The molecule has 0 unspecified atom stereocenters. The molecular formula is C8H14F3InN2. The summed E-state index contributed by atoms with van der Waals surface area (Å²) in [5, 5.41) is 0. The van der Waals surface area contributed by atoms with Crippen LogP contribution in [-0.4, -0.2) is 51.6 Å². The summed E-state index contributed by atoms with van der Waals surface area (Å²) in [6.07, 6.45) is -4.14. The fraction of sp³-hybridized carbons (Fsp3) is 0.875. The molecule has 0 bridgehead atoms. The summed E-state index contributed by atoms with van der Waals surface area (Å²) in [7, 11) is 0. The van der Waals surface area contributed by atoms with Crippen molar-refractivity contribution in [1.82, 2.24) is 2.89 Å². The summed E-state index contributed by atoms with van der Waals surface area (Å²) in [5.74, 6) is 0.456. The Morgan fingerprint density at radius 1 is 1.29 bits per heavy atom. The van der Waals surface area contributed by atoms with Crippen LogP contribution in [0.3, 0.4) is 0 Å². The minimum atomic E-state index is -4.14. The number of rotatable bonds is 1. The molecule has 0 N–H and O–H groups in total. The van der Waals surface area contributed by atoms with E-state index in [0.29, 0.717) is 30.5 Å². The van der Waals surface area contributed by atoms with E-state index in [0.717, 1.165) is 0 Å². The van der Waals surface area contributed by atoms with Gasteiger partial charge in [-0.15, -0.1) is 0 Å². The molecule has 14 heavy (non-hydrogen) atoms. The van der Waals surface area contributed by atoms with E-state index in [1.807, 2.05) is 20.8 Å². The van der Waals surface area contributed by atoms with Crippen molar-refractivity contribution in [2.24, 2.45) is 4.99 Å². The van der Waals surface area contributed by atoms with Gasteiger partial charge in [-0.2, -0.15) is 0 Å². The van der Waals surface area contributed by atoms with E-state index in [4.69, 9.17) is 0 Å². The fourth-order valence-electron chi connectivity index (χ4n) is 0.857. The van der Waals surface area contributed by atoms with Crippen LogP contribution in [0, 0.1) is 0 Å². The summed E-state index contributed by atoms with van der Waals surface area (Å²) in [6, 6.07) is 0. The van der Waals surface area contributed by atoms with Gasteiger partial charge in [-0.05, 0) is 0 Å². The molecule has 0 heterocycles. The number of halogens is 3. The Morgan fingerprint density at radius 2 is 1.71 bits per heavy atom. The van der Waals surface area contributed by atoms with Gasteiger partial charge in [0.25, 0.3) is 0 Å². The minimum absolute atomic E-state index is 0.323. The Labute approximate surface area is 97.5 Å². The molecule has 0 amide bonds. The van der Waals surface area contributed by atoms with Gasteiger partial charge in [0, 0.05) is 0 Å². The SMILES string of the molecule is CC(=NC(C)(C)C)[N]([In])CC(F)(F)F. The van der Waals surface area contributed by atoms with E-state index in [9.17, 15) is 13.2 Å². The van der Waals surface area contributed by atoms with Crippen LogP contribution in [0.5, 0.6) is 0 Å². The number of alkyl halides is 3. The van der Waals surface area contributed by atoms with Gasteiger partial charge in [0.05, 0.1) is 0 Å². The third kappa shape index (κ3) is 7.53. The zero-order chi connectivity index (χ0) is 11.6. The van der Waals surface area contributed by atoms with Gasteiger partial charge < -0.3 is 0 Å². The van der Waals surface area contributed by atoms with Crippen LogP contribution in [0.2, 0.25) is 0 Å². The van der Waals surface area contributed by atoms with E-state index in [1.165, 1.54) is 2.89 Å². The van der Waals surface area contributed by atoms with Crippen molar-refractivity contribution in [1.29, 1.82) is 0 Å². The van der Waals surface area contributed by atoms with Crippen molar-refractivity contribution in [3.05, 3.63) is 0 Å². The second-order valence-corrected chi connectivity index (χ2v) is 5.85. The third-order valence-electron chi connectivity index (χ3n) is 1.26. The maximum atomic E-state index is 12.0. The Bertz CT molecular complexity index is 218. The molecule has 6 heteroatoms. The Kier molecular flexibility index (Phi) is 4.81. The number of amidine groups is 1. The molecule has 0 spiro atoms. The Morgan fingerprint density at radius 3 is 2.00 bits per heavy atom. The number of hydrogen-bond donors (Lipinski definition) is 0. The molecule has 0 aromatic carbocycles. The quantitative estimate of drug-likeness (QED) is 0.535. The van der Waals surface area contributed by atoms with E-state index in [-0.39, 0.29) is 5.54 Å². The topological polar surface area (TPSA) is 15.6 Å². The van der Waals surface area contributed by atoms with Crippen LogP contribution < -0.4 is 0 Å². The van der Waals surface area contributed by atoms with Crippen LogP contribution in [-0.2, 0) is 0 Å². The van der Waals surface area contributed by atoms with Gasteiger partial charge in [0.2, 0.25) is 0 Å². The van der Waals surface area contributed by atoms with Crippen LogP contribution in [0.25, 0.3) is 0 Å². The van der Waals surface area contributed by atoms with Crippen molar-refractivity contribution in [2.45, 2.75) is 39.4 Å². The predicted molar refractivity (Wildman–Crippen MR) is 51.4 cm³/mol. The molecule has 0 fully saturated rings. The zero-order valence-corrected chi connectivity index (χ0v) is 12.1. The van der Waals surface area contributed by atoms with Crippen LogP contribution >= 0.6 is 0 Å². The third-order valence-corrected chi connectivity index (χ3v) is 2.85. The van der Waals surface area contributed by atoms with Gasteiger partial charge in [0.15, 0.2) is 0 Å². The molecule has 0 atom stereocenters. The van der Waals surface area contributed by atoms with Crippen LogP contribution in [0.1, 0.15) is 27.7 Å². The summed E-state index contributed by atoms with van der Waals surface area (Å²) >= 11 is 0.397. The number of hydrogen-bond acceptors (Lipinski definition) is 1. The first-order chi connectivity index (χ1) is 6.01. The Hall–Kier alpha value is 0.130. The molecule has 2 nitrogen and oxygen atoms in total. The molecule has 0 aliphatic rings. The van der Waals surface area contributed by atoms with Crippen molar-refractivity contribution >= 4 is 30.5 Å². The monoisotopic (exact) mass is 310 g/mol. The molecule has 2 radical (unpaired) electrons. The van der Waals surface area contributed by atoms with Gasteiger partial charge in [-0.25, -0.2) is 0 Å². The molecule has 0 aromatic rings. The van der Waals surface area contributed by atoms with Crippen molar-refractivity contribution in [3.63, 3.8) is 0 Å². The molecule has 0 aliphatic heterocycles. The van der Waals surface area contributed by atoms with Crippen LogP contribution in [0.4, 0.5) is 13.2 Å². The number of nitrogens with zero attached hydrogens (tertiary/aromatic N) is 2. The normalized spacial score (nSPS) is 14.4. The fourth-order valence-corrected chi connectivity index (χ4v) is 1.61. The second-order valence-electron chi connectivity index (χ2n) is 4.07. The first-order valence-electron chi connectivity index (χ1n) is 4.17. The standard InChI is InChI=1S/C8H14F3N2.In/c1-6(13-7(2,3)4)12-5-8(9,10)11;/h5H2,1-4H3;/q-1;+1. The average Bonchev–Trinajstić information content (AvgIpc) is 1.78. The first kappa shape index (κ1) is 14.1. The second kappa shape index (κ2) is 4.77. The summed E-state index contributed by atoms with van der Waals surface area (Å²) in [5.41, 5.74) is -0.323. The molecule has 0 aromatic heterocycles. The number of aliphatic imine (C=N–C) groups is 1. The maximum absolute atomic E-state index is 12.0. The molecule has 0 rings (SSSR count). The molecule has 0 saturated heterocycles. The van der Waals surface area contributed by atoms with Crippen molar-refractivity contribution in [3.8, 4) is 0 Å².